The standard InChI is InChI=1S/C12H11NO4/c14-10-7-6-9(12(16)17)11(15)13(10)8-4-2-1-3-5-8/h1-5,9H,6-7H2,(H,16,17). The quantitative estimate of drug-likeness (QED) is 0.611. The molecule has 1 fully saturated rings. The highest BCUT2D eigenvalue weighted by atomic mass is 16.4. The average Bonchev–Trinajstić information content (AvgIpc) is 2.30. The predicted molar refractivity (Wildman–Crippen MR) is 59.3 cm³/mol. The van der Waals surface area contributed by atoms with Gasteiger partial charge in [-0.2, -0.15) is 0 Å². The maximum Gasteiger partial charge on any atom is 0.316 e. The number of hydrogen-bond donors (Lipinski definition) is 1. The number of piperidine rings is 1. The van der Waals surface area contributed by atoms with Crippen LogP contribution in [0, 0.1) is 5.92 Å². The van der Waals surface area contributed by atoms with Gasteiger partial charge < -0.3 is 5.11 Å². The van der Waals surface area contributed by atoms with Gasteiger partial charge in [0.05, 0.1) is 5.69 Å². The van der Waals surface area contributed by atoms with E-state index in [1.165, 1.54) is 0 Å². The number of rotatable bonds is 2. The number of aliphatic carboxylic acids is 1. The van der Waals surface area contributed by atoms with Crippen LogP contribution in [0.1, 0.15) is 12.8 Å². The zero-order valence-electron chi connectivity index (χ0n) is 9.00. The van der Waals surface area contributed by atoms with Crippen LogP contribution in [-0.4, -0.2) is 22.9 Å². The Morgan fingerprint density at radius 3 is 2.47 bits per heavy atom. The number of imide groups is 1. The molecule has 5 heteroatoms. The van der Waals surface area contributed by atoms with Gasteiger partial charge in [0, 0.05) is 6.42 Å². The van der Waals surface area contributed by atoms with E-state index in [-0.39, 0.29) is 18.7 Å². The molecule has 1 aliphatic heterocycles. The molecule has 0 spiro atoms. The molecule has 2 amide bonds. The largest absolute Gasteiger partial charge is 0.481 e. The smallest absolute Gasteiger partial charge is 0.316 e. The van der Waals surface area contributed by atoms with Crippen LogP contribution < -0.4 is 4.90 Å². The number of carboxylic acid groups (broad SMARTS) is 1. The Balaban J connectivity index is 2.34. The minimum absolute atomic E-state index is 0.0797. The molecule has 0 aliphatic carbocycles. The lowest BCUT2D eigenvalue weighted by Gasteiger charge is -2.28. The normalized spacial score (nSPS) is 20.5. The maximum atomic E-state index is 11.9. The zero-order chi connectivity index (χ0) is 12.4. The summed E-state index contributed by atoms with van der Waals surface area (Å²) in [7, 11) is 0. The van der Waals surface area contributed by atoms with Gasteiger partial charge in [0.15, 0.2) is 0 Å². The first-order valence-corrected chi connectivity index (χ1v) is 5.26. The van der Waals surface area contributed by atoms with E-state index in [1.54, 1.807) is 30.3 Å². The van der Waals surface area contributed by atoms with Gasteiger partial charge in [-0.25, -0.2) is 4.90 Å². The van der Waals surface area contributed by atoms with Crippen molar-refractivity contribution in [3.8, 4) is 0 Å². The molecule has 0 aromatic heterocycles. The van der Waals surface area contributed by atoms with Gasteiger partial charge in [-0.1, -0.05) is 18.2 Å². The molecule has 88 valence electrons. The second kappa shape index (κ2) is 4.37. The molecule has 0 radical (unpaired) electrons. The van der Waals surface area contributed by atoms with Gasteiger partial charge in [-0.3, -0.25) is 14.4 Å². The van der Waals surface area contributed by atoms with Crippen molar-refractivity contribution in [2.24, 2.45) is 5.92 Å². The molecular formula is C12H11NO4. The molecule has 1 aromatic rings. The lowest BCUT2D eigenvalue weighted by atomic mass is 9.96. The second-order valence-electron chi connectivity index (χ2n) is 3.83. The third-order valence-electron chi connectivity index (χ3n) is 2.73. The number of para-hydroxylation sites is 1. The molecule has 1 N–H and O–H groups in total. The van der Waals surface area contributed by atoms with Gasteiger partial charge in [0.25, 0.3) is 0 Å². The minimum Gasteiger partial charge on any atom is -0.481 e. The van der Waals surface area contributed by atoms with Gasteiger partial charge in [0.2, 0.25) is 11.8 Å². The first-order chi connectivity index (χ1) is 8.11. The maximum absolute atomic E-state index is 11.9. The molecule has 1 aliphatic rings. The first-order valence-electron chi connectivity index (χ1n) is 5.26. The van der Waals surface area contributed by atoms with Crippen LogP contribution in [0.5, 0.6) is 0 Å². The molecule has 5 nitrogen and oxygen atoms in total. The lowest BCUT2D eigenvalue weighted by Crippen LogP contribution is -2.47. The number of carbonyl (C=O) groups is 3. The third kappa shape index (κ3) is 2.04. The first kappa shape index (κ1) is 11.3. The summed E-state index contributed by atoms with van der Waals surface area (Å²) in [6.07, 6.45) is 0.161. The summed E-state index contributed by atoms with van der Waals surface area (Å²) in [5.74, 6) is -3.30. The molecule has 0 bridgehead atoms. The summed E-state index contributed by atoms with van der Waals surface area (Å²) in [5.41, 5.74) is 0.424. The van der Waals surface area contributed by atoms with Crippen LogP contribution >= 0.6 is 0 Å². The number of hydrogen-bond acceptors (Lipinski definition) is 3. The van der Waals surface area contributed by atoms with E-state index in [0.717, 1.165) is 4.90 Å². The summed E-state index contributed by atoms with van der Waals surface area (Å²) >= 11 is 0. The van der Waals surface area contributed by atoms with Gasteiger partial charge >= 0.3 is 5.97 Å². The average molecular weight is 233 g/mol. The molecule has 1 unspecified atom stereocenters. The number of nitrogens with zero attached hydrogens (tertiary/aromatic N) is 1. The van der Waals surface area contributed by atoms with Crippen molar-refractivity contribution < 1.29 is 19.5 Å². The molecular weight excluding hydrogens is 222 g/mol. The van der Waals surface area contributed by atoms with Crippen molar-refractivity contribution in [3.63, 3.8) is 0 Å². The van der Waals surface area contributed by atoms with Crippen LogP contribution in [0.25, 0.3) is 0 Å². The second-order valence-corrected chi connectivity index (χ2v) is 3.83. The van der Waals surface area contributed by atoms with E-state index >= 15 is 0 Å². The number of carboxylic acids is 1. The molecule has 1 atom stereocenters. The SMILES string of the molecule is O=C(O)C1CCC(=O)N(c2ccccc2)C1=O. The Hall–Kier alpha value is -2.17. The van der Waals surface area contributed by atoms with Crippen LogP contribution in [-0.2, 0) is 14.4 Å². The fourth-order valence-corrected chi connectivity index (χ4v) is 1.86. The Bertz CT molecular complexity index is 469. The van der Waals surface area contributed by atoms with Crippen molar-refractivity contribution in [3.05, 3.63) is 30.3 Å². The van der Waals surface area contributed by atoms with Crippen LogP contribution in [0.4, 0.5) is 5.69 Å². The summed E-state index contributed by atoms with van der Waals surface area (Å²) in [5, 5.41) is 8.90. The topological polar surface area (TPSA) is 74.7 Å². The summed E-state index contributed by atoms with van der Waals surface area (Å²) in [4.78, 5) is 35.4. The van der Waals surface area contributed by atoms with E-state index in [4.69, 9.17) is 5.11 Å². The van der Waals surface area contributed by atoms with Crippen LogP contribution in [0.2, 0.25) is 0 Å². The molecule has 2 rings (SSSR count). The summed E-state index contributed by atoms with van der Waals surface area (Å²) < 4.78 is 0. The highest BCUT2D eigenvalue weighted by molar-refractivity contribution is 6.21. The number of amides is 2. The Labute approximate surface area is 97.7 Å². The molecule has 0 saturated carbocycles. The van der Waals surface area contributed by atoms with Crippen molar-refractivity contribution in [2.45, 2.75) is 12.8 Å². The fraction of sp³-hybridized carbons (Fsp3) is 0.250. The predicted octanol–water partition coefficient (Wildman–Crippen LogP) is 1.04. The molecule has 1 saturated heterocycles. The summed E-state index contributed by atoms with van der Waals surface area (Å²) in [6.45, 7) is 0. The Morgan fingerprint density at radius 2 is 1.88 bits per heavy atom. The monoisotopic (exact) mass is 233 g/mol. The highest BCUT2D eigenvalue weighted by Crippen LogP contribution is 2.25. The number of carbonyl (C=O) groups excluding carboxylic acids is 2. The van der Waals surface area contributed by atoms with E-state index in [2.05, 4.69) is 0 Å². The van der Waals surface area contributed by atoms with Crippen molar-refractivity contribution in [1.82, 2.24) is 0 Å². The summed E-state index contributed by atoms with van der Waals surface area (Å²) in [6, 6.07) is 8.37. The van der Waals surface area contributed by atoms with E-state index in [0.29, 0.717) is 5.69 Å². The number of anilines is 1. The molecule has 1 heterocycles. The third-order valence-corrected chi connectivity index (χ3v) is 2.73. The molecule has 17 heavy (non-hydrogen) atoms. The zero-order valence-corrected chi connectivity index (χ0v) is 9.00. The van der Waals surface area contributed by atoms with Crippen molar-refractivity contribution >= 4 is 23.5 Å². The van der Waals surface area contributed by atoms with Gasteiger partial charge in [0.1, 0.15) is 5.92 Å². The van der Waals surface area contributed by atoms with E-state index in [1.807, 2.05) is 0 Å². The fourth-order valence-electron chi connectivity index (χ4n) is 1.86. The number of benzene rings is 1. The lowest BCUT2D eigenvalue weighted by molar-refractivity contribution is -0.148. The Morgan fingerprint density at radius 1 is 1.24 bits per heavy atom. The minimum atomic E-state index is -1.18. The van der Waals surface area contributed by atoms with Crippen molar-refractivity contribution in [2.75, 3.05) is 4.90 Å². The highest BCUT2D eigenvalue weighted by Gasteiger charge is 2.39. The van der Waals surface area contributed by atoms with Crippen LogP contribution in [0.3, 0.4) is 0 Å². The molecule has 1 aromatic carbocycles. The van der Waals surface area contributed by atoms with Gasteiger partial charge in [-0.15, -0.1) is 0 Å². The van der Waals surface area contributed by atoms with Gasteiger partial charge in [-0.05, 0) is 18.6 Å². The Kier molecular flexibility index (Phi) is 2.91. The van der Waals surface area contributed by atoms with E-state index in [9.17, 15) is 14.4 Å². The van der Waals surface area contributed by atoms with Crippen molar-refractivity contribution in [1.29, 1.82) is 0 Å². The van der Waals surface area contributed by atoms with Crippen LogP contribution in [0.15, 0.2) is 30.3 Å². The van der Waals surface area contributed by atoms with E-state index < -0.39 is 17.8 Å².